The number of carbonyl (C=O) groups is 1. The van der Waals surface area contributed by atoms with Crippen molar-refractivity contribution in [2.45, 2.75) is 26.2 Å². The number of aryl methyl sites for hydroxylation is 1. The van der Waals surface area contributed by atoms with E-state index in [1.807, 2.05) is 25.1 Å². The number of methoxy groups -OCH3 is 1. The third-order valence-corrected chi connectivity index (χ3v) is 4.41. The maximum atomic E-state index is 12.4. The molecule has 0 saturated heterocycles. The summed E-state index contributed by atoms with van der Waals surface area (Å²) in [6.45, 7) is 1.99. The van der Waals surface area contributed by atoms with Gasteiger partial charge in [0.05, 0.1) is 7.11 Å². The topological polar surface area (TPSA) is 26.3 Å². The molecule has 2 heteroatoms. The summed E-state index contributed by atoms with van der Waals surface area (Å²) in [6.07, 6.45) is 3.84. The molecule has 1 aromatic carbocycles. The lowest BCUT2D eigenvalue weighted by molar-refractivity contribution is 0.0951. The van der Waals surface area contributed by atoms with Crippen LogP contribution in [-0.4, -0.2) is 12.9 Å². The van der Waals surface area contributed by atoms with Crippen LogP contribution in [0.4, 0.5) is 0 Å². The van der Waals surface area contributed by atoms with Gasteiger partial charge in [-0.3, -0.25) is 4.79 Å². The van der Waals surface area contributed by atoms with E-state index in [0.29, 0.717) is 23.5 Å². The largest absolute Gasteiger partial charge is 0.497 e. The zero-order valence-corrected chi connectivity index (χ0v) is 10.4. The minimum absolute atomic E-state index is 0.329. The summed E-state index contributed by atoms with van der Waals surface area (Å²) >= 11 is 0. The predicted molar refractivity (Wildman–Crippen MR) is 66.4 cm³/mol. The molecule has 0 amide bonds. The summed E-state index contributed by atoms with van der Waals surface area (Å²) in [5.41, 5.74) is 1.93. The molecule has 0 aliphatic heterocycles. The summed E-state index contributed by atoms with van der Waals surface area (Å²) in [5.74, 6) is 2.92. The molecular formula is C15H18O2. The van der Waals surface area contributed by atoms with Gasteiger partial charge >= 0.3 is 0 Å². The SMILES string of the molecule is COc1ccc(C(=O)C2C3CCCC32)c(C)c1. The monoisotopic (exact) mass is 230 g/mol. The number of hydrogen-bond acceptors (Lipinski definition) is 2. The Balaban J connectivity index is 1.82. The van der Waals surface area contributed by atoms with Gasteiger partial charge in [-0.15, -0.1) is 0 Å². The first kappa shape index (κ1) is 10.8. The molecule has 0 heterocycles. The maximum Gasteiger partial charge on any atom is 0.166 e. The second-order valence-corrected chi connectivity index (χ2v) is 5.33. The van der Waals surface area contributed by atoms with E-state index in [-0.39, 0.29) is 0 Å². The Labute approximate surface area is 102 Å². The predicted octanol–water partition coefficient (Wildman–Crippen LogP) is 3.23. The highest BCUT2D eigenvalue weighted by Gasteiger charge is 2.56. The molecule has 3 rings (SSSR count). The van der Waals surface area contributed by atoms with Gasteiger partial charge in [-0.05, 0) is 55.4 Å². The third kappa shape index (κ3) is 1.67. The van der Waals surface area contributed by atoms with Crippen LogP contribution in [0.1, 0.15) is 35.2 Å². The average molecular weight is 230 g/mol. The number of ketones is 1. The van der Waals surface area contributed by atoms with Gasteiger partial charge in [0.15, 0.2) is 5.78 Å². The van der Waals surface area contributed by atoms with Crippen molar-refractivity contribution in [2.75, 3.05) is 7.11 Å². The molecule has 1 aromatic rings. The van der Waals surface area contributed by atoms with Crippen molar-refractivity contribution in [3.8, 4) is 5.75 Å². The molecule has 0 bridgehead atoms. The van der Waals surface area contributed by atoms with Gasteiger partial charge in [0, 0.05) is 11.5 Å². The van der Waals surface area contributed by atoms with Gasteiger partial charge in [0.25, 0.3) is 0 Å². The molecule has 2 atom stereocenters. The molecule has 0 radical (unpaired) electrons. The average Bonchev–Trinajstić information content (AvgIpc) is 2.81. The Hall–Kier alpha value is -1.31. The van der Waals surface area contributed by atoms with Crippen LogP contribution in [-0.2, 0) is 0 Å². The zero-order chi connectivity index (χ0) is 12.0. The Morgan fingerprint density at radius 3 is 2.59 bits per heavy atom. The Morgan fingerprint density at radius 1 is 1.29 bits per heavy atom. The van der Waals surface area contributed by atoms with Crippen LogP contribution in [0.25, 0.3) is 0 Å². The number of rotatable bonds is 3. The van der Waals surface area contributed by atoms with Crippen LogP contribution in [0.15, 0.2) is 18.2 Å². The standard InChI is InChI=1S/C15H18O2/c1-9-8-10(17-2)6-7-11(9)15(16)14-12-4-3-5-13(12)14/h6-8,12-14H,3-5H2,1-2H3. The van der Waals surface area contributed by atoms with E-state index in [1.165, 1.54) is 19.3 Å². The summed E-state index contributed by atoms with van der Waals surface area (Å²) in [4.78, 5) is 12.4. The molecule has 0 aromatic heterocycles. The summed E-state index contributed by atoms with van der Waals surface area (Å²) in [6, 6.07) is 5.76. The summed E-state index contributed by atoms with van der Waals surface area (Å²) in [5, 5.41) is 0. The van der Waals surface area contributed by atoms with Gasteiger partial charge in [-0.1, -0.05) is 6.42 Å². The normalized spacial score (nSPS) is 29.9. The third-order valence-electron chi connectivity index (χ3n) is 4.41. The number of ether oxygens (including phenoxy) is 1. The fraction of sp³-hybridized carbons (Fsp3) is 0.533. The Kier molecular flexibility index (Phi) is 2.46. The number of fused-ring (bicyclic) bond motifs is 1. The number of carbonyl (C=O) groups excluding carboxylic acids is 1. The van der Waals surface area contributed by atoms with Crippen molar-refractivity contribution < 1.29 is 9.53 Å². The van der Waals surface area contributed by atoms with Crippen LogP contribution < -0.4 is 4.74 Å². The van der Waals surface area contributed by atoms with Crippen molar-refractivity contribution >= 4 is 5.78 Å². The Bertz CT molecular complexity index is 454. The number of benzene rings is 1. The molecule has 2 fully saturated rings. The van der Waals surface area contributed by atoms with Gasteiger partial charge in [-0.25, -0.2) is 0 Å². The first-order chi connectivity index (χ1) is 8.22. The molecule has 90 valence electrons. The van der Waals surface area contributed by atoms with E-state index in [0.717, 1.165) is 16.9 Å². The lowest BCUT2D eigenvalue weighted by Crippen LogP contribution is -2.08. The van der Waals surface area contributed by atoms with E-state index in [4.69, 9.17) is 4.74 Å². The molecule has 2 nitrogen and oxygen atoms in total. The maximum absolute atomic E-state index is 12.4. The lowest BCUT2D eigenvalue weighted by atomic mass is 9.97. The summed E-state index contributed by atoms with van der Waals surface area (Å²) < 4.78 is 5.17. The molecule has 0 N–H and O–H groups in total. The van der Waals surface area contributed by atoms with Gasteiger partial charge in [0.2, 0.25) is 0 Å². The molecule has 17 heavy (non-hydrogen) atoms. The van der Waals surface area contributed by atoms with E-state index in [2.05, 4.69) is 0 Å². The minimum Gasteiger partial charge on any atom is -0.497 e. The highest BCUT2D eigenvalue weighted by molar-refractivity contribution is 6.01. The van der Waals surface area contributed by atoms with Gasteiger partial charge < -0.3 is 4.74 Å². The first-order valence-corrected chi connectivity index (χ1v) is 6.41. The van der Waals surface area contributed by atoms with E-state index in [1.54, 1.807) is 7.11 Å². The van der Waals surface area contributed by atoms with Gasteiger partial charge in [-0.2, -0.15) is 0 Å². The zero-order valence-electron chi connectivity index (χ0n) is 10.4. The number of Topliss-reactive ketones (excluding diaryl/α,β-unsaturated/α-hetero) is 1. The molecule has 0 spiro atoms. The molecule has 2 saturated carbocycles. The molecule has 2 unspecified atom stereocenters. The minimum atomic E-state index is 0.329. The quantitative estimate of drug-likeness (QED) is 0.745. The second-order valence-electron chi connectivity index (χ2n) is 5.33. The van der Waals surface area contributed by atoms with E-state index in [9.17, 15) is 4.79 Å². The number of hydrogen-bond donors (Lipinski definition) is 0. The van der Waals surface area contributed by atoms with Crippen LogP contribution in [0, 0.1) is 24.7 Å². The molecule has 2 aliphatic rings. The highest BCUT2D eigenvalue weighted by atomic mass is 16.5. The van der Waals surface area contributed by atoms with Crippen molar-refractivity contribution in [3.63, 3.8) is 0 Å². The smallest absolute Gasteiger partial charge is 0.166 e. The van der Waals surface area contributed by atoms with Crippen molar-refractivity contribution in [1.29, 1.82) is 0 Å². The molecular weight excluding hydrogens is 212 g/mol. The van der Waals surface area contributed by atoms with Crippen molar-refractivity contribution in [3.05, 3.63) is 29.3 Å². The molecule has 2 aliphatic carbocycles. The fourth-order valence-corrected chi connectivity index (χ4v) is 3.43. The van der Waals surface area contributed by atoms with E-state index >= 15 is 0 Å². The van der Waals surface area contributed by atoms with Crippen molar-refractivity contribution in [2.24, 2.45) is 17.8 Å². The van der Waals surface area contributed by atoms with E-state index < -0.39 is 0 Å². The van der Waals surface area contributed by atoms with Crippen LogP contribution in [0.2, 0.25) is 0 Å². The second kappa shape index (κ2) is 3.86. The Morgan fingerprint density at radius 2 is 2.00 bits per heavy atom. The summed E-state index contributed by atoms with van der Waals surface area (Å²) in [7, 11) is 1.65. The van der Waals surface area contributed by atoms with Gasteiger partial charge in [0.1, 0.15) is 5.75 Å². The lowest BCUT2D eigenvalue weighted by Gasteiger charge is -2.08. The van der Waals surface area contributed by atoms with Crippen LogP contribution >= 0.6 is 0 Å². The highest BCUT2D eigenvalue weighted by Crippen LogP contribution is 2.58. The van der Waals surface area contributed by atoms with Crippen LogP contribution in [0.3, 0.4) is 0 Å². The van der Waals surface area contributed by atoms with Crippen molar-refractivity contribution in [1.82, 2.24) is 0 Å². The first-order valence-electron chi connectivity index (χ1n) is 6.41. The van der Waals surface area contributed by atoms with Crippen LogP contribution in [0.5, 0.6) is 5.75 Å². The fourth-order valence-electron chi connectivity index (χ4n) is 3.43.